The fourth-order valence-electron chi connectivity index (χ4n) is 3.09. The molecule has 0 saturated carbocycles. The maximum absolute atomic E-state index is 12.9. The van der Waals surface area contributed by atoms with E-state index >= 15 is 0 Å². The summed E-state index contributed by atoms with van der Waals surface area (Å²) in [4.78, 5) is 27.3. The lowest BCUT2D eigenvalue weighted by atomic mass is 10.0. The van der Waals surface area contributed by atoms with Crippen LogP contribution in [0.3, 0.4) is 0 Å². The number of methoxy groups -OCH3 is 1. The molecule has 0 bridgehead atoms. The molecule has 1 fully saturated rings. The van der Waals surface area contributed by atoms with Crippen molar-refractivity contribution in [2.75, 3.05) is 32.2 Å². The zero-order chi connectivity index (χ0) is 19.4. The Kier molecular flexibility index (Phi) is 5.46. The summed E-state index contributed by atoms with van der Waals surface area (Å²) >= 11 is 0. The maximum atomic E-state index is 12.9. The molecule has 0 unspecified atom stereocenters. The number of benzene rings is 2. The van der Waals surface area contributed by atoms with Gasteiger partial charge in [0.25, 0.3) is 11.8 Å². The zero-order valence-electron chi connectivity index (χ0n) is 15.8. The Morgan fingerprint density at radius 1 is 1.11 bits per heavy atom. The summed E-state index contributed by atoms with van der Waals surface area (Å²) in [5.41, 5.74) is 1.23. The van der Waals surface area contributed by atoms with E-state index in [4.69, 9.17) is 9.47 Å². The number of hydrogen-bond acceptors (Lipinski definition) is 4. The van der Waals surface area contributed by atoms with Gasteiger partial charge in [-0.2, -0.15) is 0 Å². The van der Waals surface area contributed by atoms with Crippen molar-refractivity contribution in [3.05, 3.63) is 59.7 Å². The van der Waals surface area contributed by atoms with E-state index in [0.717, 1.165) is 0 Å². The van der Waals surface area contributed by atoms with Gasteiger partial charge < -0.3 is 19.7 Å². The highest BCUT2D eigenvalue weighted by atomic mass is 16.5. The molecule has 2 aromatic rings. The minimum absolute atomic E-state index is 0.0687. The van der Waals surface area contributed by atoms with Crippen molar-refractivity contribution in [1.82, 2.24) is 4.90 Å². The SMILES string of the molecule is COc1cccc(C(=O)Nc2cccc(C(=O)N3CCOCC3(C)C)c2)c1. The molecular formula is C21H24N2O4. The van der Waals surface area contributed by atoms with Gasteiger partial charge in [-0.3, -0.25) is 9.59 Å². The van der Waals surface area contributed by atoms with Crippen molar-refractivity contribution in [1.29, 1.82) is 0 Å². The first-order chi connectivity index (χ1) is 12.9. The van der Waals surface area contributed by atoms with E-state index < -0.39 is 0 Å². The van der Waals surface area contributed by atoms with Crippen LogP contribution in [0.1, 0.15) is 34.6 Å². The van der Waals surface area contributed by atoms with Crippen molar-refractivity contribution in [2.45, 2.75) is 19.4 Å². The molecule has 1 aliphatic heterocycles. The van der Waals surface area contributed by atoms with Gasteiger partial charge in [0.2, 0.25) is 0 Å². The average Bonchev–Trinajstić information content (AvgIpc) is 2.67. The predicted molar refractivity (Wildman–Crippen MR) is 103 cm³/mol. The number of carbonyl (C=O) groups is 2. The molecule has 0 aliphatic carbocycles. The van der Waals surface area contributed by atoms with Gasteiger partial charge in [0.15, 0.2) is 0 Å². The van der Waals surface area contributed by atoms with Crippen molar-refractivity contribution in [2.24, 2.45) is 0 Å². The average molecular weight is 368 g/mol. The van der Waals surface area contributed by atoms with Gasteiger partial charge in [0.1, 0.15) is 5.75 Å². The van der Waals surface area contributed by atoms with Gasteiger partial charge in [-0.05, 0) is 50.2 Å². The second kappa shape index (κ2) is 7.80. The summed E-state index contributed by atoms with van der Waals surface area (Å²) in [6, 6.07) is 13.9. The Labute approximate surface area is 159 Å². The number of nitrogens with zero attached hydrogens (tertiary/aromatic N) is 1. The lowest BCUT2D eigenvalue weighted by Gasteiger charge is -2.42. The van der Waals surface area contributed by atoms with Crippen LogP contribution in [0.25, 0.3) is 0 Å². The van der Waals surface area contributed by atoms with Crippen LogP contribution in [-0.2, 0) is 4.74 Å². The lowest BCUT2D eigenvalue weighted by molar-refractivity contribution is -0.0370. The minimum atomic E-state index is -0.366. The summed E-state index contributed by atoms with van der Waals surface area (Å²) in [7, 11) is 1.55. The first-order valence-corrected chi connectivity index (χ1v) is 8.86. The second-order valence-electron chi connectivity index (χ2n) is 7.09. The minimum Gasteiger partial charge on any atom is -0.497 e. The molecule has 0 radical (unpaired) electrons. The highest BCUT2D eigenvalue weighted by molar-refractivity contribution is 6.05. The third-order valence-electron chi connectivity index (χ3n) is 4.59. The number of hydrogen-bond donors (Lipinski definition) is 1. The number of rotatable bonds is 4. The highest BCUT2D eigenvalue weighted by Crippen LogP contribution is 2.23. The fraction of sp³-hybridized carbons (Fsp3) is 0.333. The smallest absolute Gasteiger partial charge is 0.255 e. The lowest BCUT2D eigenvalue weighted by Crippen LogP contribution is -2.55. The molecule has 0 aromatic heterocycles. The van der Waals surface area contributed by atoms with Crippen LogP contribution < -0.4 is 10.1 Å². The largest absolute Gasteiger partial charge is 0.497 e. The molecule has 1 saturated heterocycles. The van der Waals surface area contributed by atoms with Crippen LogP contribution in [0.15, 0.2) is 48.5 Å². The summed E-state index contributed by atoms with van der Waals surface area (Å²) in [6.07, 6.45) is 0. The summed E-state index contributed by atoms with van der Waals surface area (Å²) in [5, 5.41) is 2.84. The van der Waals surface area contributed by atoms with Gasteiger partial charge >= 0.3 is 0 Å². The molecule has 142 valence electrons. The van der Waals surface area contributed by atoms with Gasteiger partial charge in [0.05, 0.1) is 25.9 Å². The molecule has 1 N–H and O–H groups in total. The van der Waals surface area contributed by atoms with Crippen molar-refractivity contribution < 1.29 is 19.1 Å². The molecule has 0 atom stereocenters. The van der Waals surface area contributed by atoms with Crippen molar-refractivity contribution in [3.63, 3.8) is 0 Å². The standard InChI is InChI=1S/C21H24N2O4/c1-21(2)14-27-11-10-23(21)20(25)16-7-4-8-17(12-16)22-19(24)15-6-5-9-18(13-15)26-3/h4-9,12-13H,10-11,14H2,1-3H3,(H,22,24). The number of ether oxygens (including phenoxy) is 2. The van der Waals surface area contributed by atoms with Gasteiger partial charge in [0, 0.05) is 23.4 Å². The van der Waals surface area contributed by atoms with E-state index in [-0.39, 0.29) is 17.4 Å². The number of morpholine rings is 1. The molecule has 6 nitrogen and oxygen atoms in total. The molecule has 2 amide bonds. The fourth-order valence-corrected chi connectivity index (χ4v) is 3.09. The molecule has 1 heterocycles. The molecule has 27 heavy (non-hydrogen) atoms. The zero-order valence-corrected chi connectivity index (χ0v) is 15.8. The molecule has 3 rings (SSSR count). The van der Waals surface area contributed by atoms with Crippen LogP contribution in [0, 0.1) is 0 Å². The van der Waals surface area contributed by atoms with Crippen LogP contribution >= 0.6 is 0 Å². The van der Waals surface area contributed by atoms with Gasteiger partial charge in [-0.25, -0.2) is 0 Å². The third kappa shape index (κ3) is 4.28. The number of nitrogens with one attached hydrogen (secondary N) is 1. The Balaban J connectivity index is 1.77. The molecule has 0 spiro atoms. The summed E-state index contributed by atoms with van der Waals surface area (Å²) in [5.74, 6) is 0.284. The van der Waals surface area contributed by atoms with Gasteiger partial charge in [-0.1, -0.05) is 12.1 Å². The normalized spacial score (nSPS) is 15.9. The Morgan fingerprint density at radius 3 is 2.59 bits per heavy atom. The first-order valence-electron chi connectivity index (χ1n) is 8.86. The molecule has 2 aromatic carbocycles. The molecule has 6 heteroatoms. The Bertz CT molecular complexity index is 848. The monoisotopic (exact) mass is 368 g/mol. The van der Waals surface area contributed by atoms with Crippen LogP contribution in [-0.4, -0.2) is 49.1 Å². The predicted octanol–water partition coefficient (Wildman–Crippen LogP) is 3.20. The number of carbonyl (C=O) groups excluding carboxylic acids is 2. The highest BCUT2D eigenvalue weighted by Gasteiger charge is 2.34. The number of amides is 2. The second-order valence-corrected chi connectivity index (χ2v) is 7.09. The van der Waals surface area contributed by atoms with Crippen LogP contribution in [0.2, 0.25) is 0 Å². The van der Waals surface area contributed by atoms with E-state index in [2.05, 4.69) is 5.32 Å². The van der Waals surface area contributed by atoms with E-state index in [1.54, 1.807) is 55.6 Å². The maximum Gasteiger partial charge on any atom is 0.255 e. The van der Waals surface area contributed by atoms with E-state index in [1.165, 1.54) is 0 Å². The van der Waals surface area contributed by atoms with Crippen molar-refractivity contribution >= 4 is 17.5 Å². The van der Waals surface area contributed by atoms with E-state index in [9.17, 15) is 9.59 Å². The summed E-state index contributed by atoms with van der Waals surface area (Å²) < 4.78 is 10.6. The molecule has 1 aliphatic rings. The van der Waals surface area contributed by atoms with E-state index in [1.807, 2.05) is 18.7 Å². The first kappa shape index (κ1) is 18.9. The Hall–Kier alpha value is -2.86. The number of anilines is 1. The Morgan fingerprint density at radius 2 is 1.85 bits per heavy atom. The van der Waals surface area contributed by atoms with Gasteiger partial charge in [-0.15, -0.1) is 0 Å². The van der Waals surface area contributed by atoms with Crippen LogP contribution in [0.4, 0.5) is 5.69 Å². The topological polar surface area (TPSA) is 67.9 Å². The summed E-state index contributed by atoms with van der Waals surface area (Å²) in [6.45, 7) is 5.55. The van der Waals surface area contributed by atoms with Crippen molar-refractivity contribution in [3.8, 4) is 5.75 Å². The third-order valence-corrected chi connectivity index (χ3v) is 4.59. The molecular weight excluding hydrogens is 344 g/mol. The van der Waals surface area contributed by atoms with E-state index in [0.29, 0.717) is 42.3 Å². The van der Waals surface area contributed by atoms with Crippen LogP contribution in [0.5, 0.6) is 5.75 Å². The quantitative estimate of drug-likeness (QED) is 0.900.